The van der Waals surface area contributed by atoms with Crippen LogP contribution in [0.3, 0.4) is 0 Å². The lowest BCUT2D eigenvalue weighted by Gasteiger charge is -2.33. The third-order valence-electron chi connectivity index (χ3n) is 5.27. The Balaban J connectivity index is 1.31. The third-order valence-corrected chi connectivity index (χ3v) is 5.27. The molecule has 2 amide bonds. The summed E-state index contributed by atoms with van der Waals surface area (Å²) in [4.78, 5) is 28.6. The number of amides is 2. The molecule has 1 fully saturated rings. The molecule has 0 N–H and O–H groups in total. The Labute approximate surface area is 180 Å². The topological polar surface area (TPSA) is 89.0 Å². The molecule has 0 spiro atoms. The molecule has 3 heterocycles. The number of hydrogen-bond donors (Lipinski definition) is 0. The average molecular weight is 423 g/mol. The van der Waals surface area contributed by atoms with E-state index in [2.05, 4.69) is 11.2 Å². The van der Waals surface area contributed by atoms with Crippen molar-refractivity contribution in [1.82, 2.24) is 15.0 Å². The van der Waals surface area contributed by atoms with E-state index in [0.29, 0.717) is 37.6 Å². The van der Waals surface area contributed by atoms with Gasteiger partial charge in [-0.15, -0.1) is 0 Å². The zero-order valence-electron chi connectivity index (χ0n) is 17.9. The summed E-state index contributed by atoms with van der Waals surface area (Å²) < 4.78 is 16.6. The van der Waals surface area contributed by atoms with Gasteiger partial charge >= 0.3 is 0 Å². The van der Waals surface area contributed by atoms with E-state index < -0.39 is 0 Å². The zero-order valence-corrected chi connectivity index (χ0v) is 17.9. The van der Waals surface area contributed by atoms with Crippen LogP contribution in [0.25, 0.3) is 0 Å². The summed E-state index contributed by atoms with van der Waals surface area (Å²) >= 11 is 0. The molecule has 0 aliphatic carbocycles. The number of nitrogens with zero attached hydrogens (tertiary/aromatic N) is 3. The normalized spacial score (nSPS) is 14.0. The van der Waals surface area contributed by atoms with Crippen LogP contribution in [-0.4, -0.2) is 52.9 Å². The van der Waals surface area contributed by atoms with E-state index in [1.54, 1.807) is 34.9 Å². The van der Waals surface area contributed by atoms with Crippen LogP contribution in [-0.2, 0) is 6.61 Å². The lowest BCUT2D eigenvalue weighted by atomic mass is 10.1. The van der Waals surface area contributed by atoms with E-state index in [4.69, 9.17) is 13.7 Å². The molecular formula is C23H25N3O5. The van der Waals surface area contributed by atoms with Gasteiger partial charge in [0.2, 0.25) is 5.76 Å². The second kappa shape index (κ2) is 8.67. The molecule has 3 aromatic rings. The minimum Gasteiger partial charge on any atom is -0.485 e. The number of aromatic nitrogens is 1. The molecule has 2 aromatic heterocycles. The molecule has 8 heteroatoms. The van der Waals surface area contributed by atoms with Gasteiger partial charge in [-0.1, -0.05) is 22.9 Å². The fourth-order valence-corrected chi connectivity index (χ4v) is 3.57. The number of ether oxygens (including phenoxy) is 1. The van der Waals surface area contributed by atoms with Crippen molar-refractivity contribution in [3.63, 3.8) is 0 Å². The summed E-state index contributed by atoms with van der Waals surface area (Å²) in [5.41, 5.74) is 2.89. The number of hydrogen-bond acceptors (Lipinski definition) is 6. The maximum atomic E-state index is 12.8. The van der Waals surface area contributed by atoms with Crippen LogP contribution in [0.2, 0.25) is 0 Å². The molecule has 31 heavy (non-hydrogen) atoms. The van der Waals surface area contributed by atoms with Crippen LogP contribution in [0.15, 0.2) is 45.3 Å². The first-order valence-electron chi connectivity index (χ1n) is 10.2. The van der Waals surface area contributed by atoms with Crippen LogP contribution in [0.4, 0.5) is 0 Å². The van der Waals surface area contributed by atoms with E-state index in [-0.39, 0.29) is 29.9 Å². The Morgan fingerprint density at radius 2 is 1.61 bits per heavy atom. The summed E-state index contributed by atoms with van der Waals surface area (Å²) in [7, 11) is 0. The summed E-state index contributed by atoms with van der Waals surface area (Å²) in [6.07, 6.45) is 0. The molecule has 1 aromatic carbocycles. The van der Waals surface area contributed by atoms with E-state index in [1.165, 1.54) is 5.56 Å². The maximum absolute atomic E-state index is 12.8. The number of rotatable bonds is 5. The van der Waals surface area contributed by atoms with Crippen molar-refractivity contribution in [2.24, 2.45) is 0 Å². The Morgan fingerprint density at radius 3 is 2.23 bits per heavy atom. The van der Waals surface area contributed by atoms with Crippen LogP contribution in [0, 0.1) is 20.8 Å². The number of carbonyl (C=O) groups excluding carboxylic acids is 2. The van der Waals surface area contributed by atoms with E-state index in [1.807, 2.05) is 26.0 Å². The van der Waals surface area contributed by atoms with E-state index in [0.717, 1.165) is 11.3 Å². The Kier molecular flexibility index (Phi) is 5.79. The van der Waals surface area contributed by atoms with Gasteiger partial charge in [0.05, 0.1) is 5.69 Å². The summed E-state index contributed by atoms with van der Waals surface area (Å²) in [6, 6.07) is 11.0. The molecule has 4 rings (SSSR count). The molecular weight excluding hydrogens is 398 g/mol. The minimum atomic E-state index is -0.212. The van der Waals surface area contributed by atoms with Gasteiger partial charge in [-0.25, -0.2) is 0 Å². The monoisotopic (exact) mass is 423 g/mol. The van der Waals surface area contributed by atoms with Gasteiger partial charge in [-0.2, -0.15) is 0 Å². The Hall–Kier alpha value is -3.55. The highest BCUT2D eigenvalue weighted by molar-refractivity contribution is 5.93. The van der Waals surface area contributed by atoms with Crippen LogP contribution < -0.4 is 4.74 Å². The fraction of sp³-hybridized carbons (Fsp3) is 0.348. The summed E-state index contributed by atoms with van der Waals surface area (Å²) in [5.74, 6) is 1.45. The smallest absolute Gasteiger partial charge is 0.292 e. The number of furan rings is 1. The molecule has 1 aliphatic rings. The second-order valence-corrected chi connectivity index (χ2v) is 7.74. The highest BCUT2D eigenvalue weighted by Gasteiger charge is 2.28. The highest BCUT2D eigenvalue weighted by Crippen LogP contribution is 2.21. The number of benzene rings is 1. The summed E-state index contributed by atoms with van der Waals surface area (Å²) in [5, 5.41) is 3.75. The third kappa shape index (κ3) is 4.63. The largest absolute Gasteiger partial charge is 0.485 e. The lowest BCUT2D eigenvalue weighted by molar-refractivity contribution is 0.0495. The molecule has 0 atom stereocenters. The van der Waals surface area contributed by atoms with Crippen molar-refractivity contribution < 1.29 is 23.3 Å². The Bertz CT molecular complexity index is 1090. The first-order valence-corrected chi connectivity index (χ1v) is 10.2. The molecule has 1 saturated heterocycles. The number of piperazine rings is 1. The predicted molar refractivity (Wildman–Crippen MR) is 112 cm³/mol. The van der Waals surface area contributed by atoms with Gasteiger partial charge < -0.3 is 23.5 Å². The Morgan fingerprint density at radius 1 is 0.935 bits per heavy atom. The molecule has 1 aliphatic heterocycles. The van der Waals surface area contributed by atoms with Crippen molar-refractivity contribution in [2.45, 2.75) is 27.4 Å². The fourth-order valence-electron chi connectivity index (χ4n) is 3.57. The van der Waals surface area contributed by atoms with Crippen molar-refractivity contribution >= 4 is 11.8 Å². The summed E-state index contributed by atoms with van der Waals surface area (Å²) in [6.45, 7) is 7.73. The predicted octanol–water partition coefficient (Wildman–Crippen LogP) is 3.37. The molecule has 0 unspecified atom stereocenters. The van der Waals surface area contributed by atoms with Crippen molar-refractivity contribution in [3.05, 3.63) is 70.5 Å². The minimum absolute atomic E-state index is 0.194. The van der Waals surface area contributed by atoms with Gasteiger partial charge in [0.1, 0.15) is 18.1 Å². The standard InChI is InChI=1S/C23H25N3O5/c1-15-4-6-19(16(2)12-15)29-14-18-5-7-20(30-18)22(27)25-8-10-26(11-9-25)23(28)21-13-17(3)24-31-21/h4-7,12-13H,8-11,14H2,1-3H3. The first kappa shape index (κ1) is 20.7. The quantitative estimate of drug-likeness (QED) is 0.625. The van der Waals surface area contributed by atoms with E-state index >= 15 is 0 Å². The van der Waals surface area contributed by atoms with Crippen molar-refractivity contribution in [2.75, 3.05) is 26.2 Å². The van der Waals surface area contributed by atoms with Crippen LogP contribution in [0.5, 0.6) is 5.75 Å². The van der Waals surface area contributed by atoms with Gasteiger partial charge in [-0.3, -0.25) is 9.59 Å². The zero-order chi connectivity index (χ0) is 22.0. The van der Waals surface area contributed by atoms with E-state index in [9.17, 15) is 9.59 Å². The average Bonchev–Trinajstić information content (AvgIpc) is 3.41. The SMILES string of the molecule is Cc1ccc(OCc2ccc(C(=O)N3CCN(C(=O)c4cc(C)no4)CC3)o2)c(C)c1. The lowest BCUT2D eigenvalue weighted by Crippen LogP contribution is -2.50. The van der Waals surface area contributed by atoms with Gasteiger partial charge in [0, 0.05) is 32.2 Å². The second-order valence-electron chi connectivity index (χ2n) is 7.74. The van der Waals surface area contributed by atoms with Crippen molar-refractivity contribution in [3.8, 4) is 5.75 Å². The van der Waals surface area contributed by atoms with Gasteiger partial charge in [-0.05, 0) is 44.5 Å². The van der Waals surface area contributed by atoms with Gasteiger partial charge in [0.15, 0.2) is 5.76 Å². The molecule has 0 bridgehead atoms. The highest BCUT2D eigenvalue weighted by atomic mass is 16.5. The van der Waals surface area contributed by atoms with Crippen LogP contribution in [0.1, 0.15) is 43.7 Å². The molecule has 162 valence electrons. The number of aryl methyl sites for hydroxylation is 3. The van der Waals surface area contributed by atoms with Crippen LogP contribution >= 0.6 is 0 Å². The van der Waals surface area contributed by atoms with Crippen molar-refractivity contribution in [1.29, 1.82) is 0 Å². The number of carbonyl (C=O) groups is 2. The molecule has 8 nitrogen and oxygen atoms in total. The molecule has 0 saturated carbocycles. The van der Waals surface area contributed by atoms with Gasteiger partial charge in [0.25, 0.3) is 11.8 Å². The molecule has 0 radical (unpaired) electrons. The first-order chi connectivity index (χ1) is 14.9. The maximum Gasteiger partial charge on any atom is 0.292 e.